The van der Waals surface area contributed by atoms with Crippen LogP contribution in [0.4, 0.5) is 0 Å². The third-order valence-electron chi connectivity index (χ3n) is 3.33. The number of carbonyl (C=O) groups is 1. The minimum Gasteiger partial charge on any atom is -0.433 e. The Kier molecular flexibility index (Phi) is 7.39. The summed E-state index contributed by atoms with van der Waals surface area (Å²) < 4.78 is 10.0. The van der Waals surface area contributed by atoms with Gasteiger partial charge in [0.05, 0.1) is 6.61 Å². The molecule has 1 unspecified atom stereocenters. The molecule has 1 saturated heterocycles. The fourth-order valence-electron chi connectivity index (χ4n) is 2.05. The lowest BCUT2D eigenvalue weighted by Crippen LogP contribution is -2.59. The van der Waals surface area contributed by atoms with Crippen molar-refractivity contribution in [2.75, 3.05) is 6.61 Å². The molecule has 0 amide bonds. The maximum Gasteiger partial charge on any atom is 0.308 e. The lowest BCUT2D eigenvalue weighted by atomic mass is 9.99. The number of aliphatic hydroxyl groups excluding tert-OH is 4. The van der Waals surface area contributed by atoms with Crippen LogP contribution in [0.25, 0.3) is 0 Å². The molecule has 0 saturated carbocycles. The second-order valence-electron chi connectivity index (χ2n) is 5.00. The van der Waals surface area contributed by atoms with Crippen molar-refractivity contribution in [3.63, 3.8) is 0 Å². The molecule has 0 aliphatic carbocycles. The van der Waals surface area contributed by atoms with Gasteiger partial charge in [0, 0.05) is 6.42 Å². The van der Waals surface area contributed by atoms with Crippen LogP contribution in [-0.2, 0) is 14.3 Å². The number of aliphatic hydroxyl groups is 4. The average Bonchev–Trinajstić information content (AvgIpc) is 2.44. The molecule has 0 bridgehead atoms. The zero-order valence-electron chi connectivity index (χ0n) is 11.6. The molecule has 1 rings (SSSR count). The van der Waals surface area contributed by atoms with Gasteiger partial charge in [-0.25, -0.2) is 0 Å². The summed E-state index contributed by atoms with van der Waals surface area (Å²) >= 11 is 0. The first-order valence-electron chi connectivity index (χ1n) is 7.01. The molecule has 1 heterocycles. The van der Waals surface area contributed by atoms with Crippen LogP contribution in [0.15, 0.2) is 0 Å². The molecule has 0 radical (unpaired) electrons. The van der Waals surface area contributed by atoms with Crippen molar-refractivity contribution < 1.29 is 34.7 Å². The maximum atomic E-state index is 11.6. The standard InChI is InChI=1S/C13H24O7/c1-2-3-4-5-6-9(15)20-13-12(18)11(17)10(16)8(7-14)19-13/h8,10-14,16-18H,2-7H2,1H3/t8-,10-,11+,12-,13?/m1/s1. The number of esters is 1. The number of hydrogen-bond acceptors (Lipinski definition) is 7. The van der Waals surface area contributed by atoms with Crippen molar-refractivity contribution in [3.8, 4) is 0 Å². The minimum atomic E-state index is -1.53. The summed E-state index contributed by atoms with van der Waals surface area (Å²) in [5.74, 6) is -0.537. The van der Waals surface area contributed by atoms with Crippen LogP contribution < -0.4 is 0 Å². The van der Waals surface area contributed by atoms with Gasteiger partial charge in [0.15, 0.2) is 0 Å². The van der Waals surface area contributed by atoms with Crippen LogP contribution in [0, 0.1) is 0 Å². The summed E-state index contributed by atoms with van der Waals surface area (Å²) in [6.45, 7) is 1.52. The van der Waals surface area contributed by atoms with Crippen molar-refractivity contribution in [1.82, 2.24) is 0 Å². The first-order valence-corrected chi connectivity index (χ1v) is 7.01. The molecule has 0 aromatic rings. The van der Waals surface area contributed by atoms with E-state index in [1.807, 2.05) is 0 Å². The molecule has 0 spiro atoms. The van der Waals surface area contributed by atoms with E-state index in [2.05, 4.69) is 6.92 Å². The number of rotatable bonds is 7. The van der Waals surface area contributed by atoms with E-state index in [1.54, 1.807) is 0 Å². The molecule has 1 aliphatic rings. The second-order valence-corrected chi connectivity index (χ2v) is 5.00. The van der Waals surface area contributed by atoms with E-state index >= 15 is 0 Å². The average molecular weight is 292 g/mol. The van der Waals surface area contributed by atoms with E-state index in [4.69, 9.17) is 14.6 Å². The van der Waals surface area contributed by atoms with Crippen molar-refractivity contribution >= 4 is 5.97 Å². The van der Waals surface area contributed by atoms with Gasteiger partial charge >= 0.3 is 5.97 Å². The van der Waals surface area contributed by atoms with Gasteiger partial charge in [0.2, 0.25) is 6.29 Å². The second kappa shape index (κ2) is 8.53. The van der Waals surface area contributed by atoms with Gasteiger partial charge in [-0.3, -0.25) is 4.79 Å². The van der Waals surface area contributed by atoms with Crippen molar-refractivity contribution in [2.24, 2.45) is 0 Å². The molecule has 7 heteroatoms. The van der Waals surface area contributed by atoms with Gasteiger partial charge < -0.3 is 29.9 Å². The summed E-state index contributed by atoms with van der Waals surface area (Å²) in [5.41, 5.74) is 0. The van der Waals surface area contributed by atoms with E-state index in [9.17, 15) is 20.1 Å². The van der Waals surface area contributed by atoms with E-state index in [-0.39, 0.29) is 6.42 Å². The SMILES string of the molecule is CCCCCCC(=O)OC1O[C@H](CO)[C@@H](O)[C@H](O)[C@H]1O. The Morgan fingerprint density at radius 3 is 2.40 bits per heavy atom. The summed E-state index contributed by atoms with van der Waals surface area (Å²) in [6.07, 6.45) is -3.05. The summed E-state index contributed by atoms with van der Waals surface area (Å²) in [6, 6.07) is 0. The first-order chi connectivity index (χ1) is 9.51. The normalized spacial score (nSPS) is 34.0. The molecule has 7 nitrogen and oxygen atoms in total. The van der Waals surface area contributed by atoms with Gasteiger partial charge in [-0.1, -0.05) is 26.2 Å². The summed E-state index contributed by atoms with van der Waals surface area (Å²) in [5, 5.41) is 37.8. The monoisotopic (exact) mass is 292 g/mol. The lowest BCUT2D eigenvalue weighted by Gasteiger charge is -2.39. The molecule has 0 aromatic carbocycles. The van der Waals surface area contributed by atoms with Crippen molar-refractivity contribution in [1.29, 1.82) is 0 Å². The third-order valence-corrected chi connectivity index (χ3v) is 3.33. The Morgan fingerprint density at radius 2 is 1.80 bits per heavy atom. The van der Waals surface area contributed by atoms with Crippen molar-refractivity contribution in [3.05, 3.63) is 0 Å². The number of carbonyl (C=O) groups excluding carboxylic acids is 1. The van der Waals surface area contributed by atoms with E-state index < -0.39 is 43.3 Å². The van der Waals surface area contributed by atoms with Crippen LogP contribution in [0.1, 0.15) is 39.0 Å². The van der Waals surface area contributed by atoms with Gasteiger partial charge in [-0.15, -0.1) is 0 Å². The molecule has 0 aromatic heterocycles. The number of unbranched alkanes of at least 4 members (excludes halogenated alkanes) is 3. The van der Waals surface area contributed by atoms with E-state index in [1.165, 1.54) is 0 Å². The van der Waals surface area contributed by atoms with E-state index in [0.717, 1.165) is 19.3 Å². The van der Waals surface area contributed by atoms with Crippen LogP contribution >= 0.6 is 0 Å². The van der Waals surface area contributed by atoms with Crippen LogP contribution in [0.2, 0.25) is 0 Å². The van der Waals surface area contributed by atoms with E-state index in [0.29, 0.717) is 6.42 Å². The predicted octanol–water partition coefficient (Wildman–Crippen LogP) is -0.700. The largest absolute Gasteiger partial charge is 0.433 e. The van der Waals surface area contributed by atoms with Crippen molar-refractivity contribution in [2.45, 2.75) is 69.7 Å². The Morgan fingerprint density at radius 1 is 1.10 bits per heavy atom. The Labute approximate surface area is 118 Å². The highest BCUT2D eigenvalue weighted by atomic mass is 16.7. The van der Waals surface area contributed by atoms with Crippen LogP contribution in [-0.4, -0.2) is 63.7 Å². The minimum absolute atomic E-state index is 0.203. The zero-order chi connectivity index (χ0) is 15.1. The Hall–Kier alpha value is -0.730. The fourth-order valence-corrected chi connectivity index (χ4v) is 2.05. The van der Waals surface area contributed by atoms with Gasteiger partial charge in [0.1, 0.15) is 24.4 Å². The predicted molar refractivity (Wildman–Crippen MR) is 68.6 cm³/mol. The Bertz CT molecular complexity index is 294. The highest BCUT2D eigenvalue weighted by Gasteiger charge is 2.45. The molecule has 118 valence electrons. The molecule has 1 fully saturated rings. The summed E-state index contributed by atoms with van der Waals surface area (Å²) in [7, 11) is 0. The first kappa shape index (κ1) is 17.3. The topological polar surface area (TPSA) is 116 Å². The number of ether oxygens (including phenoxy) is 2. The third kappa shape index (κ3) is 4.68. The molecular formula is C13H24O7. The lowest BCUT2D eigenvalue weighted by molar-refractivity contribution is -0.292. The zero-order valence-corrected chi connectivity index (χ0v) is 11.6. The van der Waals surface area contributed by atoms with Crippen LogP contribution in [0.5, 0.6) is 0 Å². The fraction of sp³-hybridized carbons (Fsp3) is 0.923. The van der Waals surface area contributed by atoms with Crippen LogP contribution in [0.3, 0.4) is 0 Å². The molecule has 20 heavy (non-hydrogen) atoms. The molecule has 1 aliphatic heterocycles. The summed E-state index contributed by atoms with van der Waals surface area (Å²) in [4.78, 5) is 11.6. The molecule has 5 atom stereocenters. The maximum absolute atomic E-state index is 11.6. The van der Waals surface area contributed by atoms with Gasteiger partial charge in [-0.2, -0.15) is 0 Å². The molecule has 4 N–H and O–H groups in total. The quantitative estimate of drug-likeness (QED) is 0.362. The molecular weight excluding hydrogens is 268 g/mol. The highest BCUT2D eigenvalue weighted by molar-refractivity contribution is 5.69. The number of hydrogen-bond donors (Lipinski definition) is 4. The smallest absolute Gasteiger partial charge is 0.308 e. The van der Waals surface area contributed by atoms with Gasteiger partial charge in [0.25, 0.3) is 0 Å². The highest BCUT2D eigenvalue weighted by Crippen LogP contribution is 2.22. The Balaban J connectivity index is 2.43. The van der Waals surface area contributed by atoms with Gasteiger partial charge in [-0.05, 0) is 6.42 Å².